The molecule has 0 atom stereocenters. The van der Waals surface area contributed by atoms with E-state index in [1.807, 2.05) is 0 Å². The molecule has 0 amide bonds. The molecule has 0 bridgehead atoms. The Morgan fingerprint density at radius 1 is 1.19 bits per heavy atom. The van der Waals surface area contributed by atoms with Crippen molar-refractivity contribution < 1.29 is 0 Å². The monoisotopic (exact) mass is 311 g/mol. The summed E-state index contributed by atoms with van der Waals surface area (Å²) in [5.74, 6) is 0.633. The molecule has 21 heavy (non-hydrogen) atoms. The third kappa shape index (κ3) is 4.68. The van der Waals surface area contributed by atoms with Crippen molar-refractivity contribution in [3.8, 4) is 0 Å². The normalized spacial score (nSPS) is 12.5. The highest BCUT2D eigenvalue weighted by molar-refractivity contribution is 7.15. The van der Waals surface area contributed by atoms with E-state index < -0.39 is 0 Å². The number of aromatic nitrogens is 1. The van der Waals surface area contributed by atoms with Crippen LogP contribution in [-0.4, -0.2) is 17.6 Å². The van der Waals surface area contributed by atoms with Crippen LogP contribution in [0.2, 0.25) is 0 Å². The Balaban J connectivity index is 3.22. The average Bonchev–Trinajstić information content (AvgIpc) is 2.82. The maximum Gasteiger partial charge on any atom is 0.186 e. The van der Waals surface area contributed by atoms with E-state index in [1.54, 1.807) is 11.3 Å². The highest BCUT2D eigenvalue weighted by Gasteiger charge is 2.26. The molecule has 1 aromatic heterocycles. The largest absolute Gasteiger partial charge is 0.345 e. The molecular weight excluding hydrogens is 278 g/mol. The van der Waals surface area contributed by atoms with Crippen molar-refractivity contribution in [1.82, 2.24) is 4.98 Å². The lowest BCUT2D eigenvalue weighted by atomic mass is 9.91. The molecule has 122 valence electrons. The first-order valence-electron chi connectivity index (χ1n) is 8.21. The van der Waals surface area contributed by atoms with Crippen LogP contribution >= 0.6 is 11.3 Å². The predicted molar refractivity (Wildman–Crippen MR) is 95.3 cm³/mol. The maximum atomic E-state index is 5.96. The van der Waals surface area contributed by atoms with Gasteiger partial charge < -0.3 is 10.6 Å². The molecule has 1 rings (SSSR count). The lowest BCUT2D eigenvalue weighted by Gasteiger charge is -2.31. The van der Waals surface area contributed by atoms with Gasteiger partial charge in [0.05, 0.1) is 5.69 Å². The topological polar surface area (TPSA) is 42.2 Å². The average molecular weight is 312 g/mol. The summed E-state index contributed by atoms with van der Waals surface area (Å²) in [5, 5.41) is 1.16. The Morgan fingerprint density at radius 3 is 2.10 bits per heavy atom. The standard InChI is InChI=1S/C17H33N3S/c1-8-13(9-2)20(11-12(3)4)16-19-15(17(5,6)7)14(10-18)21-16/h12-13H,8-11,18H2,1-7H3. The fraction of sp³-hybridized carbons (Fsp3) is 0.824. The first kappa shape index (κ1) is 18.4. The number of anilines is 1. The van der Waals surface area contributed by atoms with Gasteiger partial charge in [0.15, 0.2) is 5.13 Å². The summed E-state index contributed by atoms with van der Waals surface area (Å²) in [6.45, 7) is 17.4. The number of rotatable bonds is 7. The molecule has 0 saturated carbocycles. The summed E-state index contributed by atoms with van der Waals surface area (Å²) in [5.41, 5.74) is 7.18. The van der Waals surface area contributed by atoms with Gasteiger partial charge in [0.2, 0.25) is 0 Å². The molecule has 0 aliphatic rings. The quantitative estimate of drug-likeness (QED) is 0.803. The fourth-order valence-electron chi connectivity index (χ4n) is 2.69. The summed E-state index contributed by atoms with van der Waals surface area (Å²) >= 11 is 1.79. The second-order valence-electron chi connectivity index (χ2n) is 7.24. The van der Waals surface area contributed by atoms with Crippen molar-refractivity contribution in [2.45, 2.75) is 79.3 Å². The number of nitrogens with two attached hydrogens (primary N) is 1. The zero-order chi connectivity index (χ0) is 16.2. The maximum absolute atomic E-state index is 5.96. The molecule has 0 aromatic carbocycles. The molecule has 0 aliphatic carbocycles. The molecule has 2 N–H and O–H groups in total. The molecular formula is C17H33N3S. The van der Waals surface area contributed by atoms with E-state index in [0.717, 1.165) is 24.5 Å². The van der Waals surface area contributed by atoms with Crippen LogP contribution in [0.5, 0.6) is 0 Å². The minimum atomic E-state index is 0.0564. The molecule has 0 unspecified atom stereocenters. The van der Waals surface area contributed by atoms with Crippen molar-refractivity contribution in [1.29, 1.82) is 0 Å². The van der Waals surface area contributed by atoms with Crippen molar-refractivity contribution in [3.63, 3.8) is 0 Å². The van der Waals surface area contributed by atoms with Crippen molar-refractivity contribution in [2.24, 2.45) is 11.7 Å². The van der Waals surface area contributed by atoms with E-state index in [2.05, 4.69) is 53.4 Å². The van der Waals surface area contributed by atoms with Gasteiger partial charge in [0, 0.05) is 29.4 Å². The summed E-state index contributed by atoms with van der Waals surface area (Å²) in [6, 6.07) is 0.567. The molecule has 0 radical (unpaired) electrons. The lowest BCUT2D eigenvalue weighted by Crippen LogP contribution is -2.37. The van der Waals surface area contributed by atoms with Crippen LogP contribution in [-0.2, 0) is 12.0 Å². The molecule has 0 fully saturated rings. The van der Waals surface area contributed by atoms with Gasteiger partial charge in [-0.25, -0.2) is 4.98 Å². The van der Waals surface area contributed by atoms with E-state index in [-0.39, 0.29) is 5.41 Å². The predicted octanol–water partition coefficient (Wildman–Crippen LogP) is 4.55. The first-order valence-corrected chi connectivity index (χ1v) is 9.03. The Bertz CT molecular complexity index is 428. The molecule has 0 saturated heterocycles. The van der Waals surface area contributed by atoms with Crippen LogP contribution < -0.4 is 10.6 Å². The van der Waals surface area contributed by atoms with Crippen LogP contribution in [0.4, 0.5) is 5.13 Å². The highest BCUT2D eigenvalue weighted by atomic mass is 32.1. The second-order valence-corrected chi connectivity index (χ2v) is 8.30. The third-order valence-electron chi connectivity index (χ3n) is 3.77. The number of hydrogen-bond acceptors (Lipinski definition) is 4. The fourth-order valence-corrected chi connectivity index (χ4v) is 3.92. The van der Waals surface area contributed by atoms with Crippen molar-refractivity contribution >= 4 is 16.5 Å². The first-order chi connectivity index (χ1) is 9.74. The third-order valence-corrected chi connectivity index (χ3v) is 4.89. The summed E-state index contributed by atoms with van der Waals surface area (Å²) in [6.07, 6.45) is 2.32. The molecule has 4 heteroatoms. The second kappa shape index (κ2) is 7.59. The Kier molecular flexibility index (Phi) is 6.67. The Labute approximate surface area is 135 Å². The molecule has 1 aromatic rings. The van der Waals surface area contributed by atoms with Crippen molar-refractivity contribution in [2.75, 3.05) is 11.4 Å². The van der Waals surface area contributed by atoms with Crippen LogP contribution in [0.1, 0.15) is 71.9 Å². The highest BCUT2D eigenvalue weighted by Crippen LogP contribution is 2.35. The van der Waals surface area contributed by atoms with E-state index in [0.29, 0.717) is 18.5 Å². The van der Waals surface area contributed by atoms with Crippen molar-refractivity contribution in [3.05, 3.63) is 10.6 Å². The molecule has 0 aliphatic heterocycles. The van der Waals surface area contributed by atoms with Gasteiger partial charge in [0.1, 0.15) is 0 Å². The van der Waals surface area contributed by atoms with Crippen LogP contribution in [0.25, 0.3) is 0 Å². The van der Waals surface area contributed by atoms with E-state index in [1.165, 1.54) is 10.6 Å². The molecule has 3 nitrogen and oxygen atoms in total. The molecule has 1 heterocycles. The number of thiazole rings is 1. The Hall–Kier alpha value is -0.610. The van der Waals surface area contributed by atoms with Crippen LogP contribution in [0, 0.1) is 5.92 Å². The van der Waals surface area contributed by atoms with E-state index in [4.69, 9.17) is 10.7 Å². The van der Waals surface area contributed by atoms with Gasteiger partial charge in [-0.3, -0.25) is 0 Å². The zero-order valence-electron chi connectivity index (χ0n) is 14.9. The van der Waals surface area contributed by atoms with E-state index in [9.17, 15) is 0 Å². The van der Waals surface area contributed by atoms with Crippen LogP contribution in [0.15, 0.2) is 0 Å². The van der Waals surface area contributed by atoms with E-state index >= 15 is 0 Å². The minimum Gasteiger partial charge on any atom is -0.345 e. The van der Waals surface area contributed by atoms with Gasteiger partial charge in [-0.05, 0) is 18.8 Å². The summed E-state index contributed by atoms with van der Waals surface area (Å²) < 4.78 is 0. The number of nitrogens with zero attached hydrogens (tertiary/aromatic N) is 2. The van der Waals surface area contributed by atoms with Gasteiger partial charge in [-0.2, -0.15) is 0 Å². The van der Waals surface area contributed by atoms with Gasteiger partial charge in [-0.15, -0.1) is 11.3 Å². The molecule has 0 spiro atoms. The SMILES string of the molecule is CCC(CC)N(CC(C)C)c1nc(C(C)(C)C)c(CN)s1. The number of hydrogen-bond donors (Lipinski definition) is 1. The Morgan fingerprint density at radius 2 is 1.76 bits per heavy atom. The van der Waals surface area contributed by atoms with Gasteiger partial charge in [-0.1, -0.05) is 48.5 Å². The summed E-state index contributed by atoms with van der Waals surface area (Å²) in [4.78, 5) is 8.72. The minimum absolute atomic E-state index is 0.0564. The van der Waals surface area contributed by atoms with Gasteiger partial charge in [0.25, 0.3) is 0 Å². The zero-order valence-corrected chi connectivity index (χ0v) is 15.7. The summed E-state index contributed by atoms with van der Waals surface area (Å²) in [7, 11) is 0. The smallest absolute Gasteiger partial charge is 0.186 e. The lowest BCUT2D eigenvalue weighted by molar-refractivity contribution is 0.503. The van der Waals surface area contributed by atoms with Crippen LogP contribution in [0.3, 0.4) is 0 Å². The van der Waals surface area contributed by atoms with Gasteiger partial charge >= 0.3 is 0 Å².